The molecule has 1 heterocycles. The van der Waals surface area contributed by atoms with Crippen molar-refractivity contribution in [3.8, 4) is 0 Å². The van der Waals surface area contributed by atoms with Gasteiger partial charge < -0.3 is 15.5 Å². The predicted octanol–water partition coefficient (Wildman–Crippen LogP) is 0.585. The Morgan fingerprint density at radius 2 is 1.88 bits per heavy atom. The number of carbonyl (C=O) groups is 1. The molecule has 0 unspecified atom stereocenters. The molecule has 4 nitrogen and oxygen atoms in total. The number of nitrogens with zero attached hydrogens (tertiary/aromatic N) is 1. The van der Waals surface area contributed by atoms with Gasteiger partial charge in [0.1, 0.15) is 0 Å². The highest BCUT2D eigenvalue weighted by Gasteiger charge is 2.18. The van der Waals surface area contributed by atoms with E-state index in [1.165, 1.54) is 0 Å². The van der Waals surface area contributed by atoms with Crippen molar-refractivity contribution in [2.45, 2.75) is 45.2 Å². The second-order valence-corrected chi connectivity index (χ2v) is 5.76. The average Bonchev–Trinajstić information content (AvgIpc) is 2.14. The molecular formula is C12H25N3O. The Balaban J connectivity index is 2.17. The van der Waals surface area contributed by atoms with E-state index in [2.05, 4.69) is 22.6 Å². The molecule has 0 radical (unpaired) electrons. The van der Waals surface area contributed by atoms with Crippen LogP contribution in [0.5, 0.6) is 0 Å². The molecule has 0 saturated carbocycles. The Hall–Kier alpha value is -0.610. The maximum atomic E-state index is 11.6. The zero-order valence-electron chi connectivity index (χ0n) is 11.0. The molecule has 1 saturated heterocycles. The molecule has 94 valence electrons. The van der Waals surface area contributed by atoms with E-state index in [0.29, 0.717) is 12.6 Å². The van der Waals surface area contributed by atoms with Gasteiger partial charge in [-0.1, -0.05) is 0 Å². The highest BCUT2D eigenvalue weighted by atomic mass is 16.2. The van der Waals surface area contributed by atoms with Crippen LogP contribution in [0.3, 0.4) is 0 Å². The zero-order chi connectivity index (χ0) is 12.2. The van der Waals surface area contributed by atoms with Gasteiger partial charge in [0.2, 0.25) is 5.91 Å². The minimum Gasteiger partial charge on any atom is -0.350 e. The van der Waals surface area contributed by atoms with Gasteiger partial charge in [-0.25, -0.2) is 0 Å². The molecule has 4 heteroatoms. The topological polar surface area (TPSA) is 44.4 Å². The van der Waals surface area contributed by atoms with Crippen LogP contribution in [0.15, 0.2) is 0 Å². The summed E-state index contributed by atoms with van der Waals surface area (Å²) in [5.41, 5.74) is -0.133. The third-order valence-electron chi connectivity index (χ3n) is 2.78. The molecule has 0 aromatic carbocycles. The Kier molecular flexibility index (Phi) is 4.74. The lowest BCUT2D eigenvalue weighted by atomic mass is 10.1. The molecule has 0 bridgehead atoms. The van der Waals surface area contributed by atoms with Gasteiger partial charge in [-0.3, -0.25) is 4.79 Å². The standard InChI is InChI=1S/C12H25N3O/c1-12(2,3)14-11(16)9-13-10-5-7-15(4)8-6-10/h10,13H,5-9H2,1-4H3,(H,14,16). The third kappa shape index (κ3) is 5.47. The van der Waals surface area contributed by atoms with E-state index in [1.807, 2.05) is 20.8 Å². The zero-order valence-corrected chi connectivity index (χ0v) is 11.0. The van der Waals surface area contributed by atoms with Gasteiger partial charge in [0.25, 0.3) is 0 Å². The van der Waals surface area contributed by atoms with Crippen LogP contribution >= 0.6 is 0 Å². The summed E-state index contributed by atoms with van der Waals surface area (Å²) in [6.07, 6.45) is 2.28. The van der Waals surface area contributed by atoms with E-state index in [0.717, 1.165) is 25.9 Å². The maximum Gasteiger partial charge on any atom is 0.234 e. The number of hydrogen-bond acceptors (Lipinski definition) is 3. The van der Waals surface area contributed by atoms with Crippen molar-refractivity contribution in [2.75, 3.05) is 26.7 Å². The summed E-state index contributed by atoms with van der Waals surface area (Å²) in [4.78, 5) is 13.9. The van der Waals surface area contributed by atoms with Crippen molar-refractivity contribution in [3.05, 3.63) is 0 Å². The van der Waals surface area contributed by atoms with Crippen LogP contribution in [0.4, 0.5) is 0 Å². The molecule has 0 atom stereocenters. The van der Waals surface area contributed by atoms with Crippen LogP contribution in [0.1, 0.15) is 33.6 Å². The van der Waals surface area contributed by atoms with Gasteiger partial charge in [0.05, 0.1) is 6.54 Å². The first-order chi connectivity index (χ1) is 7.37. The van der Waals surface area contributed by atoms with Crippen LogP contribution in [0.2, 0.25) is 0 Å². The van der Waals surface area contributed by atoms with E-state index < -0.39 is 0 Å². The molecule has 0 aromatic heterocycles. The quantitative estimate of drug-likeness (QED) is 0.741. The van der Waals surface area contributed by atoms with Crippen molar-refractivity contribution in [1.82, 2.24) is 15.5 Å². The number of carbonyl (C=O) groups excluding carboxylic acids is 1. The lowest BCUT2D eigenvalue weighted by Crippen LogP contribution is -2.48. The smallest absolute Gasteiger partial charge is 0.234 e. The lowest BCUT2D eigenvalue weighted by molar-refractivity contribution is -0.121. The fourth-order valence-electron chi connectivity index (χ4n) is 1.91. The SMILES string of the molecule is CN1CCC(NCC(=O)NC(C)(C)C)CC1. The highest BCUT2D eigenvalue weighted by Crippen LogP contribution is 2.07. The van der Waals surface area contributed by atoms with Crippen LogP contribution in [0.25, 0.3) is 0 Å². The summed E-state index contributed by atoms with van der Waals surface area (Å²) in [6.45, 7) is 8.68. The Morgan fingerprint density at radius 3 is 2.38 bits per heavy atom. The largest absolute Gasteiger partial charge is 0.350 e. The summed E-state index contributed by atoms with van der Waals surface area (Å²) in [5, 5.41) is 6.28. The van der Waals surface area contributed by atoms with Crippen molar-refractivity contribution in [2.24, 2.45) is 0 Å². The lowest BCUT2D eigenvalue weighted by Gasteiger charge is -2.30. The first-order valence-corrected chi connectivity index (χ1v) is 6.10. The molecular weight excluding hydrogens is 202 g/mol. The van der Waals surface area contributed by atoms with Crippen LogP contribution in [-0.2, 0) is 4.79 Å². The summed E-state index contributed by atoms with van der Waals surface area (Å²) in [6, 6.07) is 0.502. The predicted molar refractivity (Wildman–Crippen MR) is 66.4 cm³/mol. The van der Waals surface area contributed by atoms with E-state index in [-0.39, 0.29) is 11.4 Å². The van der Waals surface area contributed by atoms with Crippen LogP contribution in [-0.4, -0.2) is 49.1 Å². The van der Waals surface area contributed by atoms with Gasteiger partial charge >= 0.3 is 0 Å². The first kappa shape index (κ1) is 13.5. The molecule has 2 N–H and O–H groups in total. The molecule has 0 aromatic rings. The van der Waals surface area contributed by atoms with E-state index in [9.17, 15) is 4.79 Å². The summed E-state index contributed by atoms with van der Waals surface area (Å²) in [7, 11) is 2.14. The molecule has 1 amide bonds. The van der Waals surface area contributed by atoms with Gasteiger partial charge in [-0.05, 0) is 53.8 Å². The normalized spacial score (nSPS) is 19.8. The summed E-state index contributed by atoms with van der Waals surface area (Å²) < 4.78 is 0. The number of amides is 1. The fourth-order valence-corrected chi connectivity index (χ4v) is 1.91. The Morgan fingerprint density at radius 1 is 1.31 bits per heavy atom. The summed E-state index contributed by atoms with van der Waals surface area (Å²) >= 11 is 0. The van der Waals surface area contributed by atoms with Gasteiger partial charge in [-0.15, -0.1) is 0 Å². The molecule has 0 spiro atoms. The van der Waals surface area contributed by atoms with Crippen molar-refractivity contribution < 1.29 is 4.79 Å². The van der Waals surface area contributed by atoms with Crippen molar-refractivity contribution in [3.63, 3.8) is 0 Å². The summed E-state index contributed by atoms with van der Waals surface area (Å²) in [5.74, 6) is 0.0893. The second kappa shape index (κ2) is 5.64. The van der Waals surface area contributed by atoms with Crippen molar-refractivity contribution >= 4 is 5.91 Å². The van der Waals surface area contributed by atoms with E-state index >= 15 is 0 Å². The monoisotopic (exact) mass is 227 g/mol. The highest BCUT2D eigenvalue weighted by molar-refractivity contribution is 5.78. The molecule has 1 aliphatic rings. The van der Waals surface area contributed by atoms with Crippen molar-refractivity contribution in [1.29, 1.82) is 0 Å². The molecule has 1 rings (SSSR count). The van der Waals surface area contributed by atoms with Gasteiger partial charge in [0.15, 0.2) is 0 Å². The first-order valence-electron chi connectivity index (χ1n) is 6.10. The third-order valence-corrected chi connectivity index (χ3v) is 2.78. The number of likely N-dealkylation sites (tertiary alicyclic amines) is 1. The number of hydrogen-bond donors (Lipinski definition) is 2. The second-order valence-electron chi connectivity index (χ2n) is 5.76. The molecule has 1 fully saturated rings. The van der Waals surface area contributed by atoms with Gasteiger partial charge in [-0.2, -0.15) is 0 Å². The Bertz CT molecular complexity index is 227. The Labute approximate surface area is 98.8 Å². The molecule has 1 aliphatic heterocycles. The minimum absolute atomic E-state index is 0.0893. The number of piperidine rings is 1. The van der Waals surface area contributed by atoms with Crippen LogP contribution < -0.4 is 10.6 Å². The fraction of sp³-hybridized carbons (Fsp3) is 0.917. The van der Waals surface area contributed by atoms with E-state index in [1.54, 1.807) is 0 Å². The maximum absolute atomic E-state index is 11.6. The molecule has 0 aliphatic carbocycles. The number of rotatable bonds is 3. The average molecular weight is 227 g/mol. The molecule has 16 heavy (non-hydrogen) atoms. The van der Waals surface area contributed by atoms with E-state index in [4.69, 9.17) is 0 Å². The minimum atomic E-state index is -0.133. The van der Waals surface area contributed by atoms with Crippen LogP contribution in [0, 0.1) is 0 Å². The number of nitrogens with one attached hydrogen (secondary N) is 2. The van der Waals surface area contributed by atoms with Gasteiger partial charge in [0, 0.05) is 11.6 Å².